The van der Waals surface area contributed by atoms with E-state index in [1.807, 2.05) is 12.3 Å². The van der Waals surface area contributed by atoms with Gasteiger partial charge in [-0.25, -0.2) is 4.39 Å². The van der Waals surface area contributed by atoms with Crippen LogP contribution in [0.25, 0.3) is 0 Å². The highest BCUT2D eigenvalue weighted by Gasteiger charge is 2.09. The van der Waals surface area contributed by atoms with E-state index in [4.69, 9.17) is 12.2 Å². The number of thiocarbonyl (C=S) groups is 1. The zero-order valence-electron chi connectivity index (χ0n) is 15.0. The van der Waals surface area contributed by atoms with Crippen LogP contribution >= 0.6 is 12.2 Å². The summed E-state index contributed by atoms with van der Waals surface area (Å²) in [6, 6.07) is 6.77. The van der Waals surface area contributed by atoms with E-state index in [9.17, 15) is 4.39 Å². The fourth-order valence-electron chi connectivity index (χ4n) is 2.64. The molecule has 0 spiro atoms. The molecule has 7 heteroatoms. The van der Waals surface area contributed by atoms with Crippen molar-refractivity contribution in [1.29, 1.82) is 0 Å². The Kier molecular flexibility index (Phi) is 7.33. The minimum atomic E-state index is -0.240. The molecule has 25 heavy (non-hydrogen) atoms. The molecular weight excluding hydrogens is 337 g/mol. The van der Waals surface area contributed by atoms with E-state index in [-0.39, 0.29) is 11.9 Å². The zero-order valence-corrected chi connectivity index (χ0v) is 15.8. The molecule has 0 aliphatic heterocycles. The summed E-state index contributed by atoms with van der Waals surface area (Å²) in [5, 5.41) is 11.3. The summed E-state index contributed by atoms with van der Waals surface area (Å²) in [5.41, 5.74) is 1.67. The van der Waals surface area contributed by atoms with Crippen LogP contribution in [0.1, 0.15) is 26.3 Å². The summed E-state index contributed by atoms with van der Waals surface area (Å²) < 4.78 is 15.0. The molecule has 0 aliphatic carbocycles. The van der Waals surface area contributed by atoms with Crippen molar-refractivity contribution in [1.82, 2.24) is 20.0 Å². The number of hydrogen-bond acceptors (Lipinski definition) is 3. The fourth-order valence-corrected chi connectivity index (χ4v) is 2.96. The highest BCUT2D eigenvalue weighted by molar-refractivity contribution is 7.80. The lowest BCUT2D eigenvalue weighted by atomic mass is 10.2. The van der Waals surface area contributed by atoms with E-state index in [1.54, 1.807) is 16.9 Å². The Bertz CT molecular complexity index is 684. The van der Waals surface area contributed by atoms with E-state index in [2.05, 4.69) is 41.4 Å². The lowest BCUT2D eigenvalue weighted by Gasteiger charge is -2.24. The number of aromatic nitrogens is 2. The molecule has 0 bridgehead atoms. The van der Waals surface area contributed by atoms with Crippen LogP contribution in [0.2, 0.25) is 0 Å². The van der Waals surface area contributed by atoms with Gasteiger partial charge in [0, 0.05) is 18.8 Å². The second-order valence-electron chi connectivity index (χ2n) is 6.04. The van der Waals surface area contributed by atoms with Crippen molar-refractivity contribution in [2.75, 3.05) is 25.0 Å². The molecule has 0 saturated carbocycles. The first kappa shape index (κ1) is 19.3. The van der Waals surface area contributed by atoms with Crippen LogP contribution in [0, 0.1) is 5.82 Å². The van der Waals surface area contributed by atoms with Gasteiger partial charge in [0.05, 0.1) is 18.4 Å². The van der Waals surface area contributed by atoms with Gasteiger partial charge in [-0.2, -0.15) is 5.10 Å². The van der Waals surface area contributed by atoms with Crippen molar-refractivity contribution in [3.8, 4) is 0 Å². The van der Waals surface area contributed by atoms with Gasteiger partial charge >= 0.3 is 0 Å². The summed E-state index contributed by atoms with van der Waals surface area (Å²) >= 11 is 5.37. The lowest BCUT2D eigenvalue weighted by molar-refractivity contribution is 0.282. The van der Waals surface area contributed by atoms with Crippen LogP contribution in [-0.4, -0.2) is 45.5 Å². The van der Waals surface area contributed by atoms with Gasteiger partial charge in [-0.3, -0.25) is 4.68 Å². The maximum Gasteiger partial charge on any atom is 0.171 e. The van der Waals surface area contributed by atoms with Crippen molar-refractivity contribution < 1.29 is 4.39 Å². The minimum absolute atomic E-state index is 0.240. The summed E-state index contributed by atoms with van der Waals surface area (Å²) in [6.45, 7) is 9.91. The Balaban J connectivity index is 1.84. The number of rotatable bonds is 8. The first-order valence-corrected chi connectivity index (χ1v) is 8.97. The average molecular weight is 364 g/mol. The highest BCUT2D eigenvalue weighted by atomic mass is 32.1. The maximum absolute atomic E-state index is 13.2. The van der Waals surface area contributed by atoms with E-state index in [0.29, 0.717) is 11.7 Å². The molecule has 0 aliphatic rings. The van der Waals surface area contributed by atoms with Gasteiger partial charge in [0.25, 0.3) is 0 Å². The molecule has 1 aromatic carbocycles. The van der Waals surface area contributed by atoms with Gasteiger partial charge in [-0.15, -0.1) is 0 Å². The molecular formula is C18H26FN5S. The second kappa shape index (κ2) is 9.48. The number of likely N-dealkylation sites (N-methyl/N-ethyl adjacent to an activating group) is 1. The summed E-state index contributed by atoms with van der Waals surface area (Å²) in [4.78, 5) is 2.34. The molecule has 0 fully saturated rings. The van der Waals surface area contributed by atoms with Gasteiger partial charge in [0.15, 0.2) is 5.11 Å². The monoisotopic (exact) mass is 363 g/mol. The largest absolute Gasteiger partial charge is 0.359 e. The number of halogens is 1. The minimum Gasteiger partial charge on any atom is -0.359 e. The van der Waals surface area contributed by atoms with Crippen LogP contribution in [0.5, 0.6) is 0 Å². The van der Waals surface area contributed by atoms with Crippen molar-refractivity contribution in [3.05, 3.63) is 48.0 Å². The van der Waals surface area contributed by atoms with Crippen molar-refractivity contribution in [2.45, 2.75) is 33.4 Å². The molecule has 0 radical (unpaired) electrons. The predicted molar refractivity (Wildman–Crippen MR) is 104 cm³/mol. The van der Waals surface area contributed by atoms with Crippen molar-refractivity contribution in [2.24, 2.45) is 0 Å². The summed E-state index contributed by atoms with van der Waals surface area (Å²) in [5.74, 6) is -0.240. The van der Waals surface area contributed by atoms with Crippen LogP contribution in [-0.2, 0) is 6.54 Å². The normalized spacial score (nSPS) is 12.2. The number of nitrogens with one attached hydrogen (secondary N) is 2. The molecule has 2 N–H and O–H groups in total. The lowest BCUT2D eigenvalue weighted by Crippen LogP contribution is -2.43. The van der Waals surface area contributed by atoms with Crippen LogP contribution < -0.4 is 10.6 Å². The number of benzene rings is 1. The smallest absolute Gasteiger partial charge is 0.171 e. The molecule has 0 saturated heterocycles. The first-order chi connectivity index (χ1) is 12.0. The van der Waals surface area contributed by atoms with Gasteiger partial charge in [0.2, 0.25) is 0 Å². The molecule has 1 aromatic heterocycles. The summed E-state index contributed by atoms with van der Waals surface area (Å²) in [6.07, 6.45) is 3.57. The van der Waals surface area contributed by atoms with Gasteiger partial charge in [-0.1, -0.05) is 26.0 Å². The number of anilines is 1. The number of nitrogens with zero attached hydrogens (tertiary/aromatic N) is 3. The SMILES string of the molecule is CCN(CC)C[C@@H](C)NC(=S)Nc1cnn(Cc2cccc(F)c2)c1. The average Bonchev–Trinajstić information content (AvgIpc) is 2.99. The highest BCUT2D eigenvalue weighted by Crippen LogP contribution is 2.09. The third kappa shape index (κ3) is 6.43. The summed E-state index contributed by atoms with van der Waals surface area (Å²) in [7, 11) is 0. The predicted octanol–water partition coefficient (Wildman–Crippen LogP) is 3.09. The van der Waals surface area contributed by atoms with Gasteiger partial charge in [0.1, 0.15) is 5.82 Å². The number of hydrogen-bond donors (Lipinski definition) is 2. The Morgan fingerprint density at radius 2 is 2.12 bits per heavy atom. The van der Waals surface area contributed by atoms with Crippen LogP contribution in [0.4, 0.5) is 10.1 Å². The Hall–Kier alpha value is -1.99. The quantitative estimate of drug-likeness (QED) is 0.706. The Morgan fingerprint density at radius 1 is 1.36 bits per heavy atom. The molecule has 1 heterocycles. The fraction of sp³-hybridized carbons (Fsp3) is 0.444. The standard InChI is InChI=1S/C18H26FN5S/c1-4-23(5-2)11-14(3)21-18(25)22-17-10-20-24(13-17)12-15-7-6-8-16(19)9-15/h6-10,13-14H,4-5,11-12H2,1-3H3,(H2,21,22,25)/t14-/m1/s1. The molecule has 136 valence electrons. The van der Waals surface area contributed by atoms with Crippen molar-refractivity contribution in [3.63, 3.8) is 0 Å². The molecule has 2 rings (SSSR count). The van der Waals surface area contributed by atoms with Crippen LogP contribution in [0.15, 0.2) is 36.7 Å². The molecule has 1 atom stereocenters. The van der Waals surface area contributed by atoms with E-state index < -0.39 is 0 Å². The third-order valence-electron chi connectivity index (χ3n) is 3.93. The van der Waals surface area contributed by atoms with Crippen molar-refractivity contribution >= 4 is 23.0 Å². The maximum atomic E-state index is 13.2. The first-order valence-electron chi connectivity index (χ1n) is 8.57. The van der Waals surface area contributed by atoms with Gasteiger partial charge < -0.3 is 15.5 Å². The molecule has 0 amide bonds. The van der Waals surface area contributed by atoms with Gasteiger partial charge in [-0.05, 0) is 49.9 Å². The third-order valence-corrected chi connectivity index (χ3v) is 4.15. The van der Waals surface area contributed by atoms with E-state index in [0.717, 1.165) is 30.9 Å². The molecule has 0 unspecified atom stereocenters. The molecule has 2 aromatic rings. The topological polar surface area (TPSA) is 45.1 Å². The Morgan fingerprint density at radius 3 is 2.80 bits per heavy atom. The van der Waals surface area contributed by atoms with E-state index >= 15 is 0 Å². The Labute approximate surface area is 154 Å². The van der Waals surface area contributed by atoms with Crippen LogP contribution in [0.3, 0.4) is 0 Å². The zero-order chi connectivity index (χ0) is 18.2. The second-order valence-corrected chi connectivity index (χ2v) is 6.45. The van der Waals surface area contributed by atoms with E-state index in [1.165, 1.54) is 12.1 Å². The molecule has 5 nitrogen and oxygen atoms in total.